The highest BCUT2D eigenvalue weighted by molar-refractivity contribution is 5.77. The van der Waals surface area contributed by atoms with E-state index in [2.05, 4.69) is 27.7 Å². The van der Waals surface area contributed by atoms with Crippen molar-refractivity contribution in [3.63, 3.8) is 0 Å². The molecule has 0 aromatic heterocycles. The summed E-state index contributed by atoms with van der Waals surface area (Å²) >= 11 is 0. The quantitative estimate of drug-likeness (QED) is 0.824. The normalized spacial score (nSPS) is 21.3. The van der Waals surface area contributed by atoms with Gasteiger partial charge in [-0.1, -0.05) is 33.6 Å². The van der Waals surface area contributed by atoms with E-state index in [0.29, 0.717) is 6.42 Å². The highest BCUT2D eigenvalue weighted by Crippen LogP contribution is 2.31. The van der Waals surface area contributed by atoms with Crippen molar-refractivity contribution < 1.29 is 4.79 Å². The fraction of sp³-hybridized carbons (Fsp3) is 0.929. The van der Waals surface area contributed by atoms with Gasteiger partial charge in [-0.3, -0.25) is 4.79 Å². The van der Waals surface area contributed by atoms with E-state index in [9.17, 15) is 4.79 Å². The molecule has 17 heavy (non-hydrogen) atoms. The summed E-state index contributed by atoms with van der Waals surface area (Å²) in [5.41, 5.74) is 6.14. The molecule has 3 nitrogen and oxygen atoms in total. The van der Waals surface area contributed by atoms with Gasteiger partial charge in [-0.25, -0.2) is 0 Å². The summed E-state index contributed by atoms with van der Waals surface area (Å²) in [5.74, 6) is 0.192. The van der Waals surface area contributed by atoms with Crippen LogP contribution in [0.5, 0.6) is 0 Å². The molecule has 1 rings (SSSR count). The van der Waals surface area contributed by atoms with Crippen molar-refractivity contribution in [2.75, 3.05) is 7.05 Å². The summed E-state index contributed by atoms with van der Waals surface area (Å²) < 4.78 is 0. The first kappa shape index (κ1) is 14.5. The summed E-state index contributed by atoms with van der Waals surface area (Å²) in [6, 6.07) is 0.236. The van der Waals surface area contributed by atoms with Crippen LogP contribution in [0, 0.1) is 5.41 Å². The van der Waals surface area contributed by atoms with E-state index in [1.54, 1.807) is 0 Å². The van der Waals surface area contributed by atoms with E-state index in [1.807, 2.05) is 11.9 Å². The molecule has 1 aliphatic carbocycles. The molecule has 100 valence electrons. The SMILES string of the molecule is CC(N(C)C(=O)CC1(N)CCCC1)C(C)(C)C. The van der Waals surface area contributed by atoms with Gasteiger partial charge in [0.15, 0.2) is 0 Å². The molecule has 1 amide bonds. The molecule has 1 aliphatic rings. The second-order valence-corrected chi connectivity index (χ2v) is 6.79. The zero-order valence-corrected chi connectivity index (χ0v) is 12.0. The van der Waals surface area contributed by atoms with Gasteiger partial charge in [-0.05, 0) is 25.2 Å². The minimum absolute atomic E-state index is 0.113. The Morgan fingerprint density at radius 2 is 1.82 bits per heavy atom. The molecule has 2 N–H and O–H groups in total. The molecule has 0 saturated heterocycles. The van der Waals surface area contributed by atoms with Gasteiger partial charge in [0, 0.05) is 25.0 Å². The standard InChI is InChI=1S/C14H28N2O/c1-11(13(2,3)4)16(5)12(17)10-14(15)8-6-7-9-14/h11H,6-10,15H2,1-5H3. The largest absolute Gasteiger partial charge is 0.342 e. The van der Waals surface area contributed by atoms with Crippen LogP contribution >= 0.6 is 0 Å². The van der Waals surface area contributed by atoms with E-state index in [1.165, 1.54) is 12.8 Å². The van der Waals surface area contributed by atoms with E-state index < -0.39 is 0 Å². The summed E-state index contributed by atoms with van der Waals surface area (Å²) in [6.07, 6.45) is 4.83. The van der Waals surface area contributed by atoms with Crippen LogP contribution < -0.4 is 5.73 Å². The van der Waals surface area contributed by atoms with Gasteiger partial charge in [0.05, 0.1) is 0 Å². The lowest BCUT2D eigenvalue weighted by Crippen LogP contribution is -2.48. The fourth-order valence-corrected chi connectivity index (χ4v) is 2.48. The Labute approximate surface area is 106 Å². The van der Waals surface area contributed by atoms with Gasteiger partial charge in [-0.2, -0.15) is 0 Å². The molecule has 3 heteroatoms. The predicted octanol–water partition coefficient (Wildman–Crippen LogP) is 2.54. The number of carbonyl (C=O) groups is 1. The third-order valence-corrected chi connectivity index (χ3v) is 4.33. The van der Waals surface area contributed by atoms with Gasteiger partial charge in [-0.15, -0.1) is 0 Å². The Hall–Kier alpha value is -0.570. The van der Waals surface area contributed by atoms with Crippen molar-refractivity contribution in [2.45, 2.75) is 71.4 Å². The maximum Gasteiger partial charge on any atom is 0.224 e. The van der Waals surface area contributed by atoms with Gasteiger partial charge in [0.1, 0.15) is 0 Å². The van der Waals surface area contributed by atoms with Crippen LogP contribution in [0.4, 0.5) is 0 Å². The first-order chi connectivity index (χ1) is 7.66. The third kappa shape index (κ3) is 3.70. The number of carbonyl (C=O) groups excluding carboxylic acids is 1. The van der Waals surface area contributed by atoms with Crippen LogP contribution in [0.25, 0.3) is 0 Å². The molecule has 0 aromatic carbocycles. The van der Waals surface area contributed by atoms with Crippen LogP contribution in [0.3, 0.4) is 0 Å². The molecule has 0 bridgehead atoms. The average molecular weight is 240 g/mol. The minimum Gasteiger partial charge on any atom is -0.342 e. The van der Waals surface area contributed by atoms with Crippen LogP contribution in [0.1, 0.15) is 59.8 Å². The second-order valence-electron chi connectivity index (χ2n) is 6.79. The van der Waals surface area contributed by atoms with Gasteiger partial charge < -0.3 is 10.6 Å². The Balaban J connectivity index is 2.58. The molecule has 1 atom stereocenters. The smallest absolute Gasteiger partial charge is 0.224 e. The number of nitrogens with two attached hydrogens (primary N) is 1. The number of rotatable bonds is 3. The Morgan fingerprint density at radius 1 is 1.35 bits per heavy atom. The van der Waals surface area contributed by atoms with Gasteiger partial charge in [0.25, 0.3) is 0 Å². The van der Waals surface area contributed by atoms with E-state index in [4.69, 9.17) is 5.73 Å². The van der Waals surface area contributed by atoms with Crippen molar-refractivity contribution >= 4 is 5.91 Å². The van der Waals surface area contributed by atoms with E-state index in [0.717, 1.165) is 12.8 Å². The topological polar surface area (TPSA) is 46.3 Å². The van der Waals surface area contributed by atoms with Gasteiger partial charge >= 0.3 is 0 Å². The molecule has 0 aromatic rings. The second kappa shape index (κ2) is 4.97. The zero-order chi connectivity index (χ0) is 13.3. The number of hydrogen-bond donors (Lipinski definition) is 1. The Kier molecular flexibility index (Phi) is 4.23. The molecule has 0 aliphatic heterocycles. The number of hydrogen-bond acceptors (Lipinski definition) is 2. The van der Waals surface area contributed by atoms with Crippen molar-refractivity contribution in [3.8, 4) is 0 Å². The van der Waals surface area contributed by atoms with E-state index >= 15 is 0 Å². The Bertz CT molecular complexity index is 274. The first-order valence-corrected chi connectivity index (χ1v) is 6.70. The average Bonchev–Trinajstić information content (AvgIpc) is 2.61. The lowest BCUT2D eigenvalue weighted by atomic mass is 9.86. The van der Waals surface area contributed by atoms with Crippen LogP contribution in [0.2, 0.25) is 0 Å². The lowest BCUT2D eigenvalue weighted by Gasteiger charge is -2.37. The molecular formula is C14H28N2O. The van der Waals surface area contributed by atoms with Crippen LogP contribution in [-0.4, -0.2) is 29.4 Å². The van der Waals surface area contributed by atoms with Crippen LogP contribution in [0.15, 0.2) is 0 Å². The fourth-order valence-electron chi connectivity index (χ4n) is 2.48. The monoisotopic (exact) mass is 240 g/mol. The van der Waals surface area contributed by atoms with Crippen molar-refractivity contribution in [1.82, 2.24) is 4.90 Å². The lowest BCUT2D eigenvalue weighted by molar-refractivity contribution is -0.134. The minimum atomic E-state index is -0.233. The predicted molar refractivity (Wildman–Crippen MR) is 71.7 cm³/mol. The summed E-state index contributed by atoms with van der Waals surface area (Å²) in [7, 11) is 1.90. The first-order valence-electron chi connectivity index (χ1n) is 6.70. The maximum atomic E-state index is 12.2. The summed E-state index contributed by atoms with van der Waals surface area (Å²) in [6.45, 7) is 8.59. The molecule has 1 fully saturated rings. The van der Waals surface area contributed by atoms with Crippen molar-refractivity contribution in [3.05, 3.63) is 0 Å². The summed E-state index contributed by atoms with van der Waals surface area (Å²) in [4.78, 5) is 14.1. The highest BCUT2D eigenvalue weighted by Gasteiger charge is 2.35. The van der Waals surface area contributed by atoms with Crippen molar-refractivity contribution in [2.24, 2.45) is 11.1 Å². The third-order valence-electron chi connectivity index (χ3n) is 4.33. The molecular weight excluding hydrogens is 212 g/mol. The molecule has 1 unspecified atom stereocenters. The molecule has 0 heterocycles. The molecule has 0 spiro atoms. The highest BCUT2D eigenvalue weighted by atomic mass is 16.2. The van der Waals surface area contributed by atoms with Crippen LogP contribution in [-0.2, 0) is 4.79 Å². The molecule has 1 saturated carbocycles. The molecule has 0 radical (unpaired) electrons. The zero-order valence-electron chi connectivity index (χ0n) is 12.0. The van der Waals surface area contributed by atoms with Gasteiger partial charge in [0.2, 0.25) is 5.91 Å². The Morgan fingerprint density at radius 3 is 2.24 bits per heavy atom. The number of nitrogens with zero attached hydrogens (tertiary/aromatic N) is 1. The maximum absolute atomic E-state index is 12.2. The summed E-state index contributed by atoms with van der Waals surface area (Å²) in [5, 5.41) is 0. The van der Waals surface area contributed by atoms with E-state index in [-0.39, 0.29) is 22.9 Å². The number of amides is 1. The van der Waals surface area contributed by atoms with Crippen molar-refractivity contribution in [1.29, 1.82) is 0 Å².